The van der Waals surface area contributed by atoms with Gasteiger partial charge >= 0.3 is 0 Å². The Morgan fingerprint density at radius 3 is 2.40 bits per heavy atom. The first-order valence-corrected chi connectivity index (χ1v) is 11.1. The fourth-order valence-electron chi connectivity index (χ4n) is 3.89. The fourth-order valence-corrected chi connectivity index (χ4v) is 5.00. The standard InChI is InChI=1S/C23H23ClN4OS/c1-12-7-16(5)22-17(8-12)14(3)10-19-26-27-23(28(19)22)30-11-20(29)25-21-15(4)6-13(2)9-18(21)24/h6-10H,11H2,1-5H3,(H,25,29). The first-order chi connectivity index (χ1) is 14.2. The molecule has 2 aromatic heterocycles. The summed E-state index contributed by atoms with van der Waals surface area (Å²) in [6.45, 7) is 10.2. The molecule has 1 amide bonds. The monoisotopic (exact) mass is 438 g/mol. The third kappa shape index (κ3) is 3.77. The largest absolute Gasteiger partial charge is 0.324 e. The lowest BCUT2D eigenvalue weighted by atomic mass is 10.0. The Kier molecular flexibility index (Phi) is 5.47. The number of halogens is 1. The molecule has 2 aromatic carbocycles. The number of anilines is 1. The van der Waals surface area contributed by atoms with Gasteiger partial charge in [0, 0.05) is 5.39 Å². The predicted octanol–water partition coefficient (Wildman–Crippen LogP) is 5.81. The highest BCUT2D eigenvalue weighted by Crippen LogP contribution is 2.30. The third-order valence-corrected chi connectivity index (χ3v) is 6.35. The summed E-state index contributed by atoms with van der Waals surface area (Å²) in [6, 6.07) is 10.2. The summed E-state index contributed by atoms with van der Waals surface area (Å²) >= 11 is 7.69. The Hall–Kier alpha value is -2.57. The fraction of sp³-hybridized carbons (Fsp3) is 0.261. The zero-order valence-corrected chi connectivity index (χ0v) is 19.2. The molecule has 0 radical (unpaired) electrons. The first kappa shape index (κ1) is 20.7. The highest BCUT2D eigenvalue weighted by Gasteiger charge is 2.16. The minimum absolute atomic E-state index is 0.130. The Bertz CT molecular complexity index is 1290. The number of amides is 1. The van der Waals surface area contributed by atoms with Gasteiger partial charge in [-0.3, -0.25) is 9.20 Å². The maximum Gasteiger partial charge on any atom is 0.234 e. The van der Waals surface area contributed by atoms with E-state index in [9.17, 15) is 4.79 Å². The molecule has 0 spiro atoms. The van der Waals surface area contributed by atoms with Crippen LogP contribution in [0.1, 0.15) is 27.8 Å². The van der Waals surface area contributed by atoms with Gasteiger partial charge in [-0.2, -0.15) is 0 Å². The molecular weight excluding hydrogens is 416 g/mol. The lowest BCUT2D eigenvalue weighted by molar-refractivity contribution is -0.113. The average Bonchev–Trinajstić information content (AvgIpc) is 3.05. The van der Waals surface area contributed by atoms with Crippen molar-refractivity contribution in [2.24, 2.45) is 0 Å². The molecular formula is C23H23ClN4OS. The summed E-state index contributed by atoms with van der Waals surface area (Å²) in [5.74, 6) is 0.0830. The first-order valence-electron chi connectivity index (χ1n) is 9.69. The molecule has 0 bridgehead atoms. The van der Waals surface area contributed by atoms with Gasteiger partial charge in [-0.1, -0.05) is 41.1 Å². The van der Waals surface area contributed by atoms with Crippen molar-refractivity contribution >= 4 is 51.5 Å². The van der Waals surface area contributed by atoms with E-state index in [1.807, 2.05) is 36.4 Å². The second kappa shape index (κ2) is 7.93. The summed E-state index contributed by atoms with van der Waals surface area (Å²) in [4.78, 5) is 12.6. The number of thioether (sulfide) groups is 1. The van der Waals surface area contributed by atoms with E-state index in [2.05, 4.69) is 48.4 Å². The number of nitrogens with zero attached hydrogens (tertiary/aromatic N) is 3. The molecule has 4 aromatic rings. The van der Waals surface area contributed by atoms with Crippen LogP contribution >= 0.6 is 23.4 Å². The molecule has 1 N–H and O–H groups in total. The van der Waals surface area contributed by atoms with E-state index in [0.29, 0.717) is 15.9 Å². The Morgan fingerprint density at radius 2 is 1.67 bits per heavy atom. The van der Waals surface area contributed by atoms with Crippen LogP contribution in [-0.2, 0) is 4.79 Å². The molecule has 0 unspecified atom stereocenters. The van der Waals surface area contributed by atoms with Crippen molar-refractivity contribution in [2.75, 3.05) is 11.1 Å². The van der Waals surface area contributed by atoms with Crippen molar-refractivity contribution in [3.8, 4) is 0 Å². The van der Waals surface area contributed by atoms with E-state index in [1.54, 1.807) is 0 Å². The molecule has 2 heterocycles. The van der Waals surface area contributed by atoms with E-state index in [4.69, 9.17) is 11.6 Å². The van der Waals surface area contributed by atoms with Gasteiger partial charge in [0.15, 0.2) is 10.8 Å². The van der Waals surface area contributed by atoms with Gasteiger partial charge in [0.25, 0.3) is 0 Å². The lowest BCUT2D eigenvalue weighted by Gasteiger charge is -2.12. The Labute approximate surface area is 184 Å². The third-order valence-electron chi connectivity index (χ3n) is 5.13. The number of rotatable bonds is 4. The number of hydrogen-bond donors (Lipinski definition) is 1. The molecule has 154 valence electrons. The summed E-state index contributed by atoms with van der Waals surface area (Å²) < 4.78 is 2.04. The number of nitrogens with one attached hydrogen (secondary N) is 1. The predicted molar refractivity (Wildman–Crippen MR) is 125 cm³/mol. The Balaban J connectivity index is 1.64. The topological polar surface area (TPSA) is 59.3 Å². The molecule has 0 aliphatic rings. The summed E-state index contributed by atoms with van der Waals surface area (Å²) in [5.41, 5.74) is 8.07. The van der Waals surface area contributed by atoms with E-state index >= 15 is 0 Å². The van der Waals surface area contributed by atoms with Gasteiger partial charge in [0.1, 0.15) is 0 Å². The van der Waals surface area contributed by atoms with Crippen LogP contribution < -0.4 is 5.32 Å². The van der Waals surface area contributed by atoms with Crippen molar-refractivity contribution in [2.45, 2.75) is 39.8 Å². The minimum Gasteiger partial charge on any atom is -0.324 e. The van der Waals surface area contributed by atoms with E-state index in [0.717, 1.165) is 33.4 Å². The van der Waals surface area contributed by atoms with Crippen LogP contribution in [0.15, 0.2) is 35.5 Å². The highest BCUT2D eigenvalue weighted by molar-refractivity contribution is 7.99. The summed E-state index contributed by atoms with van der Waals surface area (Å²) in [6.07, 6.45) is 0. The van der Waals surface area contributed by atoms with Crippen LogP contribution in [0.4, 0.5) is 5.69 Å². The average molecular weight is 439 g/mol. The number of pyridine rings is 1. The van der Waals surface area contributed by atoms with Gasteiger partial charge in [-0.25, -0.2) is 0 Å². The van der Waals surface area contributed by atoms with Gasteiger partial charge < -0.3 is 5.32 Å². The van der Waals surface area contributed by atoms with Crippen LogP contribution in [0.3, 0.4) is 0 Å². The van der Waals surface area contributed by atoms with Crippen LogP contribution in [0.25, 0.3) is 16.6 Å². The molecule has 5 nitrogen and oxygen atoms in total. The van der Waals surface area contributed by atoms with Crippen LogP contribution in [-0.4, -0.2) is 26.3 Å². The molecule has 0 aliphatic heterocycles. The van der Waals surface area contributed by atoms with Crippen molar-refractivity contribution < 1.29 is 4.79 Å². The molecule has 4 rings (SSSR count). The van der Waals surface area contributed by atoms with Crippen molar-refractivity contribution in [3.63, 3.8) is 0 Å². The van der Waals surface area contributed by atoms with Crippen LogP contribution in [0.5, 0.6) is 0 Å². The van der Waals surface area contributed by atoms with Gasteiger partial charge in [-0.05, 0) is 75.1 Å². The zero-order valence-electron chi connectivity index (χ0n) is 17.6. The van der Waals surface area contributed by atoms with Crippen molar-refractivity contribution in [1.29, 1.82) is 0 Å². The van der Waals surface area contributed by atoms with Crippen molar-refractivity contribution in [1.82, 2.24) is 14.6 Å². The van der Waals surface area contributed by atoms with Crippen molar-refractivity contribution in [3.05, 3.63) is 63.2 Å². The quantitative estimate of drug-likeness (QED) is 0.408. The van der Waals surface area contributed by atoms with Gasteiger partial charge in [0.05, 0.1) is 22.0 Å². The second-order valence-electron chi connectivity index (χ2n) is 7.76. The van der Waals surface area contributed by atoms with Crippen LogP contribution in [0.2, 0.25) is 5.02 Å². The number of aromatic nitrogens is 3. The molecule has 7 heteroatoms. The maximum absolute atomic E-state index is 12.6. The zero-order chi connectivity index (χ0) is 21.6. The molecule has 0 aliphatic carbocycles. The SMILES string of the molecule is Cc1cc(C)c(NC(=O)CSc2nnc3cc(C)c4cc(C)cc(C)c4n23)c(Cl)c1. The second-order valence-corrected chi connectivity index (χ2v) is 9.11. The molecule has 0 saturated carbocycles. The minimum atomic E-state index is -0.130. The Morgan fingerprint density at radius 1 is 0.967 bits per heavy atom. The molecule has 0 fully saturated rings. The maximum atomic E-state index is 12.6. The smallest absolute Gasteiger partial charge is 0.234 e. The van der Waals surface area contributed by atoms with E-state index in [-0.39, 0.29) is 11.7 Å². The van der Waals surface area contributed by atoms with Gasteiger partial charge in [0.2, 0.25) is 5.91 Å². The lowest BCUT2D eigenvalue weighted by Crippen LogP contribution is -2.15. The highest BCUT2D eigenvalue weighted by atomic mass is 35.5. The number of carbonyl (C=O) groups is 1. The number of aryl methyl sites for hydroxylation is 5. The number of benzene rings is 2. The number of fused-ring (bicyclic) bond motifs is 3. The van der Waals surface area contributed by atoms with Crippen LogP contribution in [0, 0.1) is 34.6 Å². The number of hydrogen-bond acceptors (Lipinski definition) is 4. The van der Waals surface area contributed by atoms with E-state index in [1.165, 1.54) is 22.7 Å². The molecule has 0 atom stereocenters. The summed E-state index contributed by atoms with van der Waals surface area (Å²) in [7, 11) is 0. The molecule has 30 heavy (non-hydrogen) atoms. The summed E-state index contributed by atoms with van der Waals surface area (Å²) in [5, 5.41) is 14.0. The van der Waals surface area contributed by atoms with Gasteiger partial charge in [-0.15, -0.1) is 10.2 Å². The number of carbonyl (C=O) groups excluding carboxylic acids is 1. The molecule has 0 saturated heterocycles. The normalized spacial score (nSPS) is 11.4. The van der Waals surface area contributed by atoms with E-state index < -0.39 is 0 Å².